The Morgan fingerprint density at radius 3 is 2.25 bits per heavy atom. The molecule has 1 N–H and O–H groups in total. The lowest BCUT2D eigenvalue weighted by Crippen LogP contribution is -2.30. The maximum atomic E-state index is 13.0. The minimum absolute atomic E-state index is 0.326. The second kappa shape index (κ2) is 7.99. The summed E-state index contributed by atoms with van der Waals surface area (Å²) in [4.78, 5) is 37.1. The Bertz CT molecular complexity index is 914. The van der Waals surface area contributed by atoms with E-state index in [1.807, 2.05) is 0 Å². The van der Waals surface area contributed by atoms with Gasteiger partial charge in [-0.05, 0) is 24.3 Å². The minimum Gasteiger partial charge on any atom is -0.507 e. The molecule has 7 nitrogen and oxygen atoms in total. The normalized spacial score (nSPS) is 14.0. The highest BCUT2D eigenvalue weighted by Crippen LogP contribution is 2.37. The molecule has 0 saturated heterocycles. The van der Waals surface area contributed by atoms with Gasteiger partial charge >= 0.3 is 18.1 Å². The van der Waals surface area contributed by atoms with Crippen LogP contribution in [0, 0.1) is 0 Å². The van der Waals surface area contributed by atoms with Crippen LogP contribution >= 0.6 is 0 Å². The number of nitrogens with zero attached hydrogens (tertiary/aromatic N) is 1. The zero-order valence-electron chi connectivity index (χ0n) is 14.6. The highest BCUT2D eigenvalue weighted by molar-refractivity contribution is 6.10. The second-order valence-electron chi connectivity index (χ2n) is 5.31. The van der Waals surface area contributed by atoms with Crippen molar-refractivity contribution in [2.45, 2.75) is 6.18 Å². The topological polar surface area (TPSA) is 93.1 Å². The molecule has 0 radical (unpaired) electrons. The first-order valence-corrected chi connectivity index (χ1v) is 7.62. The van der Waals surface area contributed by atoms with Gasteiger partial charge in [0.05, 0.1) is 31.0 Å². The molecule has 1 aromatic rings. The number of methoxy groups -OCH3 is 2. The Morgan fingerprint density at radius 1 is 1.04 bits per heavy atom. The molecular weight excluding hydrogens is 383 g/mol. The van der Waals surface area contributed by atoms with E-state index < -0.39 is 46.6 Å². The van der Waals surface area contributed by atoms with Gasteiger partial charge in [0.25, 0.3) is 5.78 Å². The van der Waals surface area contributed by atoms with Crippen LogP contribution in [0.25, 0.3) is 0 Å². The van der Waals surface area contributed by atoms with E-state index in [0.717, 1.165) is 37.5 Å². The van der Waals surface area contributed by atoms with E-state index in [9.17, 15) is 32.7 Å². The van der Waals surface area contributed by atoms with E-state index in [1.54, 1.807) is 0 Å². The van der Waals surface area contributed by atoms with Crippen molar-refractivity contribution in [1.29, 1.82) is 0 Å². The van der Waals surface area contributed by atoms with Gasteiger partial charge in [0, 0.05) is 6.20 Å². The summed E-state index contributed by atoms with van der Waals surface area (Å²) in [6, 6.07) is 3.15. The van der Waals surface area contributed by atoms with Gasteiger partial charge in [0.2, 0.25) is 0 Å². The van der Waals surface area contributed by atoms with Crippen LogP contribution in [0.3, 0.4) is 0 Å². The van der Waals surface area contributed by atoms with E-state index in [-0.39, 0.29) is 5.57 Å². The van der Waals surface area contributed by atoms with E-state index in [1.165, 1.54) is 24.3 Å². The fraction of sp³-hybridized carbons (Fsp3) is 0.167. The quantitative estimate of drug-likeness (QED) is 0.617. The van der Waals surface area contributed by atoms with E-state index in [4.69, 9.17) is 0 Å². The molecule has 0 atom stereocenters. The third-order valence-electron chi connectivity index (χ3n) is 3.65. The summed E-state index contributed by atoms with van der Waals surface area (Å²) >= 11 is 0. The molecular formula is C18H14F3NO6. The highest BCUT2D eigenvalue weighted by Gasteiger charge is 2.43. The Labute approximate surface area is 156 Å². The summed E-state index contributed by atoms with van der Waals surface area (Å²) in [6.45, 7) is 0. The van der Waals surface area contributed by atoms with Crippen LogP contribution < -0.4 is 4.90 Å². The number of anilines is 1. The number of allylic oxidation sites excluding steroid dienone is 2. The summed E-state index contributed by atoms with van der Waals surface area (Å²) in [5.74, 6) is -5.32. The first kappa shape index (κ1) is 20.7. The fourth-order valence-electron chi connectivity index (χ4n) is 2.45. The van der Waals surface area contributed by atoms with E-state index in [0.29, 0.717) is 0 Å². The van der Waals surface area contributed by atoms with Gasteiger partial charge in [-0.1, -0.05) is 12.1 Å². The van der Waals surface area contributed by atoms with Gasteiger partial charge in [-0.15, -0.1) is 0 Å². The van der Waals surface area contributed by atoms with Crippen molar-refractivity contribution in [2.75, 3.05) is 19.1 Å². The number of phenolic OH excluding ortho intramolecular Hbond substituents is 1. The fourth-order valence-corrected chi connectivity index (χ4v) is 2.45. The summed E-state index contributed by atoms with van der Waals surface area (Å²) in [6.07, 6.45) is -0.307. The van der Waals surface area contributed by atoms with Gasteiger partial charge < -0.3 is 19.5 Å². The summed E-state index contributed by atoms with van der Waals surface area (Å²) in [7, 11) is 2.05. The number of esters is 2. The molecule has 0 amide bonds. The standard InChI is InChI=1S/C18H14F3NO6/c1-27-16(25)10-6-3-4-9-22(14(10)17(26)28-2)11-7-5-8-12(23)13(11)15(24)18(19,20)21/h3-9,23H,1-2H3. The molecule has 10 heteroatoms. The zero-order chi connectivity index (χ0) is 21.1. The van der Waals surface area contributed by atoms with Crippen molar-refractivity contribution in [3.05, 3.63) is 59.5 Å². The molecule has 1 heterocycles. The lowest BCUT2D eigenvalue weighted by molar-refractivity contribution is -0.139. The average molecular weight is 397 g/mol. The number of aromatic hydroxyl groups is 1. The molecule has 148 valence electrons. The van der Waals surface area contributed by atoms with Crippen LogP contribution in [0.5, 0.6) is 5.75 Å². The molecule has 1 aliphatic rings. The number of carbonyl (C=O) groups is 3. The number of Topliss-reactive ketones (excluding diaryl/α,β-unsaturated/α-hetero) is 1. The first-order valence-electron chi connectivity index (χ1n) is 7.62. The van der Waals surface area contributed by atoms with Crippen molar-refractivity contribution in [3.8, 4) is 5.75 Å². The number of carbonyl (C=O) groups excluding carboxylic acids is 3. The zero-order valence-corrected chi connectivity index (χ0v) is 14.6. The molecule has 1 aliphatic heterocycles. The number of rotatable bonds is 4. The number of halogens is 3. The number of ether oxygens (including phenoxy) is 2. The molecule has 0 aromatic heterocycles. The van der Waals surface area contributed by atoms with Crippen molar-refractivity contribution in [2.24, 2.45) is 0 Å². The molecule has 0 unspecified atom stereocenters. The molecule has 0 aliphatic carbocycles. The Hall–Kier alpha value is -3.56. The van der Waals surface area contributed by atoms with Crippen molar-refractivity contribution < 1.29 is 42.1 Å². The van der Waals surface area contributed by atoms with Crippen LogP contribution in [-0.4, -0.2) is 43.2 Å². The molecule has 0 spiro atoms. The third kappa shape index (κ3) is 3.90. The number of hydrogen-bond acceptors (Lipinski definition) is 7. The van der Waals surface area contributed by atoms with Crippen molar-refractivity contribution >= 4 is 23.4 Å². The van der Waals surface area contributed by atoms with Crippen molar-refractivity contribution in [3.63, 3.8) is 0 Å². The monoisotopic (exact) mass is 397 g/mol. The Balaban J connectivity index is 2.82. The molecule has 0 saturated carbocycles. The number of phenols is 1. The number of ketones is 1. The smallest absolute Gasteiger partial charge is 0.455 e. The lowest BCUT2D eigenvalue weighted by Gasteiger charge is -2.25. The van der Waals surface area contributed by atoms with Crippen LogP contribution in [0.1, 0.15) is 10.4 Å². The molecule has 1 aromatic carbocycles. The maximum absolute atomic E-state index is 13.0. The molecule has 28 heavy (non-hydrogen) atoms. The molecule has 0 fully saturated rings. The van der Waals surface area contributed by atoms with Gasteiger partial charge in [0.1, 0.15) is 11.4 Å². The summed E-state index contributed by atoms with van der Waals surface area (Å²) < 4.78 is 48.3. The minimum atomic E-state index is -5.29. The predicted molar refractivity (Wildman–Crippen MR) is 90.3 cm³/mol. The number of alkyl halides is 3. The van der Waals surface area contributed by atoms with Crippen LogP contribution in [0.15, 0.2) is 53.9 Å². The SMILES string of the molecule is COC(=O)C1=C(C(=O)OC)N(c2cccc(O)c2C(=O)C(F)(F)F)C=CC=C1. The number of benzene rings is 1. The molecule has 0 bridgehead atoms. The highest BCUT2D eigenvalue weighted by atomic mass is 19.4. The summed E-state index contributed by atoms with van der Waals surface area (Å²) in [5, 5.41) is 9.92. The predicted octanol–water partition coefficient (Wildman–Crippen LogP) is 2.63. The average Bonchev–Trinajstić information content (AvgIpc) is 2.88. The van der Waals surface area contributed by atoms with E-state index in [2.05, 4.69) is 9.47 Å². The molecule has 2 rings (SSSR count). The lowest BCUT2D eigenvalue weighted by atomic mass is 10.0. The van der Waals surface area contributed by atoms with E-state index >= 15 is 0 Å². The van der Waals surface area contributed by atoms with Crippen molar-refractivity contribution in [1.82, 2.24) is 0 Å². The van der Waals surface area contributed by atoms with Crippen LogP contribution in [0.4, 0.5) is 18.9 Å². The van der Waals surface area contributed by atoms with Crippen LogP contribution in [-0.2, 0) is 19.1 Å². The third-order valence-corrected chi connectivity index (χ3v) is 3.65. The van der Waals surface area contributed by atoms with Crippen LogP contribution in [0.2, 0.25) is 0 Å². The van der Waals surface area contributed by atoms with Gasteiger partial charge in [-0.2, -0.15) is 13.2 Å². The first-order chi connectivity index (χ1) is 13.1. The van der Waals surface area contributed by atoms with Gasteiger partial charge in [0.15, 0.2) is 0 Å². The Kier molecular flexibility index (Phi) is 5.92. The maximum Gasteiger partial charge on any atom is 0.455 e. The Morgan fingerprint density at radius 2 is 1.68 bits per heavy atom. The summed E-state index contributed by atoms with van der Waals surface area (Å²) in [5.41, 5.74) is -2.40. The van der Waals surface area contributed by atoms with Gasteiger partial charge in [-0.3, -0.25) is 4.79 Å². The van der Waals surface area contributed by atoms with Gasteiger partial charge in [-0.25, -0.2) is 9.59 Å². The number of hydrogen-bond donors (Lipinski definition) is 1. The largest absolute Gasteiger partial charge is 0.507 e. The second-order valence-corrected chi connectivity index (χ2v) is 5.31.